The monoisotopic (exact) mass is 228 g/mol. The number of carboxylic acids is 1. The summed E-state index contributed by atoms with van der Waals surface area (Å²) >= 11 is 7.68. The van der Waals surface area contributed by atoms with Crippen molar-refractivity contribution in [2.45, 2.75) is 18.2 Å². The van der Waals surface area contributed by atoms with Gasteiger partial charge in [0.15, 0.2) is 0 Å². The van der Waals surface area contributed by atoms with Crippen molar-refractivity contribution in [2.24, 2.45) is 0 Å². The van der Waals surface area contributed by atoms with Gasteiger partial charge in [-0.3, -0.25) is 0 Å². The minimum atomic E-state index is -0.919. The second kappa shape index (κ2) is 3.48. The maximum absolute atomic E-state index is 11.0. The van der Waals surface area contributed by atoms with Crippen LogP contribution < -0.4 is 0 Å². The summed E-state index contributed by atoms with van der Waals surface area (Å²) in [6.45, 7) is 1.84. The van der Waals surface area contributed by atoms with E-state index >= 15 is 0 Å². The van der Waals surface area contributed by atoms with E-state index in [0.717, 1.165) is 28.2 Å². The van der Waals surface area contributed by atoms with Gasteiger partial charge in [-0.2, -0.15) is 0 Å². The van der Waals surface area contributed by atoms with Crippen LogP contribution in [0.4, 0.5) is 0 Å². The Morgan fingerprint density at radius 3 is 3.00 bits per heavy atom. The first-order chi connectivity index (χ1) is 6.61. The average Bonchev–Trinajstić information content (AvgIpc) is 2.52. The van der Waals surface area contributed by atoms with Crippen molar-refractivity contribution in [3.63, 3.8) is 0 Å². The maximum Gasteiger partial charge on any atom is 0.337 e. The lowest BCUT2D eigenvalue weighted by Gasteiger charge is -2.08. The van der Waals surface area contributed by atoms with Crippen molar-refractivity contribution in [3.05, 3.63) is 27.8 Å². The van der Waals surface area contributed by atoms with Crippen molar-refractivity contribution in [2.75, 3.05) is 5.75 Å². The molecule has 0 aromatic heterocycles. The van der Waals surface area contributed by atoms with Crippen LogP contribution in [-0.2, 0) is 6.42 Å². The van der Waals surface area contributed by atoms with Gasteiger partial charge in [0.1, 0.15) is 0 Å². The van der Waals surface area contributed by atoms with Gasteiger partial charge in [0, 0.05) is 10.6 Å². The highest BCUT2D eigenvalue weighted by atomic mass is 35.5. The molecule has 1 heterocycles. The van der Waals surface area contributed by atoms with Crippen LogP contribution in [0.15, 0.2) is 11.0 Å². The van der Waals surface area contributed by atoms with E-state index in [2.05, 4.69) is 0 Å². The second-order valence-electron chi connectivity index (χ2n) is 3.26. The zero-order chi connectivity index (χ0) is 10.3. The summed E-state index contributed by atoms with van der Waals surface area (Å²) in [4.78, 5) is 12.1. The fourth-order valence-electron chi connectivity index (χ4n) is 1.66. The van der Waals surface area contributed by atoms with Crippen LogP contribution in [0.5, 0.6) is 0 Å². The topological polar surface area (TPSA) is 37.3 Å². The van der Waals surface area contributed by atoms with Crippen molar-refractivity contribution in [1.82, 2.24) is 0 Å². The van der Waals surface area contributed by atoms with Gasteiger partial charge in [-0.05, 0) is 30.5 Å². The molecule has 1 N–H and O–H groups in total. The van der Waals surface area contributed by atoms with E-state index in [9.17, 15) is 4.79 Å². The molecule has 0 aliphatic carbocycles. The summed E-state index contributed by atoms with van der Waals surface area (Å²) in [6, 6.07) is 1.97. The van der Waals surface area contributed by atoms with Crippen LogP contribution in [0.2, 0.25) is 5.02 Å². The standard InChI is InChI=1S/C10H9ClO2S/c1-5-4-7-6(2-3-14-7)8(9(5)11)10(12)13/h4H,2-3H2,1H3,(H,12,13). The number of benzene rings is 1. The van der Waals surface area contributed by atoms with Crippen molar-refractivity contribution in [3.8, 4) is 0 Å². The first kappa shape index (κ1) is 9.87. The smallest absolute Gasteiger partial charge is 0.337 e. The minimum Gasteiger partial charge on any atom is -0.478 e. The van der Waals surface area contributed by atoms with Gasteiger partial charge in [0.25, 0.3) is 0 Å². The largest absolute Gasteiger partial charge is 0.478 e. The van der Waals surface area contributed by atoms with E-state index in [1.54, 1.807) is 11.8 Å². The molecule has 4 heteroatoms. The second-order valence-corrected chi connectivity index (χ2v) is 4.78. The number of hydrogen-bond donors (Lipinski definition) is 1. The molecule has 0 saturated heterocycles. The highest BCUT2D eigenvalue weighted by Gasteiger charge is 2.23. The molecule has 2 nitrogen and oxygen atoms in total. The number of carbonyl (C=O) groups is 1. The Morgan fingerprint density at radius 2 is 2.36 bits per heavy atom. The molecule has 0 atom stereocenters. The molecule has 0 saturated carbocycles. The molecule has 0 spiro atoms. The zero-order valence-electron chi connectivity index (χ0n) is 7.63. The molecule has 2 rings (SSSR count). The van der Waals surface area contributed by atoms with E-state index < -0.39 is 5.97 Å². The van der Waals surface area contributed by atoms with Crippen LogP contribution in [0.1, 0.15) is 21.5 Å². The third-order valence-corrected chi connectivity index (χ3v) is 3.91. The Balaban J connectivity index is 2.72. The first-order valence-corrected chi connectivity index (χ1v) is 5.65. The summed E-state index contributed by atoms with van der Waals surface area (Å²) in [7, 11) is 0. The Labute approximate surface area is 91.3 Å². The van der Waals surface area contributed by atoms with Gasteiger partial charge in [0.05, 0.1) is 10.6 Å². The van der Waals surface area contributed by atoms with E-state index in [1.165, 1.54) is 0 Å². The van der Waals surface area contributed by atoms with E-state index in [4.69, 9.17) is 16.7 Å². The summed E-state index contributed by atoms with van der Waals surface area (Å²) in [5.41, 5.74) is 2.04. The average molecular weight is 229 g/mol. The Morgan fingerprint density at radius 1 is 1.64 bits per heavy atom. The predicted molar refractivity (Wildman–Crippen MR) is 57.6 cm³/mol. The molecule has 0 unspecified atom stereocenters. The maximum atomic E-state index is 11.0. The highest BCUT2D eigenvalue weighted by Crippen LogP contribution is 2.38. The highest BCUT2D eigenvalue weighted by molar-refractivity contribution is 7.99. The first-order valence-electron chi connectivity index (χ1n) is 4.29. The lowest BCUT2D eigenvalue weighted by molar-refractivity contribution is 0.0695. The normalized spacial score (nSPS) is 14.1. The SMILES string of the molecule is Cc1cc2c(c(C(=O)O)c1Cl)CCS2. The number of halogens is 1. The number of fused-ring (bicyclic) bond motifs is 1. The van der Waals surface area contributed by atoms with Crippen molar-refractivity contribution in [1.29, 1.82) is 0 Å². The van der Waals surface area contributed by atoms with Gasteiger partial charge < -0.3 is 5.11 Å². The lowest BCUT2D eigenvalue weighted by Crippen LogP contribution is -2.04. The van der Waals surface area contributed by atoms with Gasteiger partial charge >= 0.3 is 5.97 Å². The van der Waals surface area contributed by atoms with Gasteiger partial charge in [-0.15, -0.1) is 11.8 Å². The molecule has 0 radical (unpaired) electrons. The minimum absolute atomic E-state index is 0.298. The molecular weight excluding hydrogens is 220 g/mol. The van der Waals surface area contributed by atoms with Gasteiger partial charge in [-0.1, -0.05) is 11.6 Å². The quantitative estimate of drug-likeness (QED) is 0.803. The molecule has 0 fully saturated rings. The van der Waals surface area contributed by atoms with Crippen molar-refractivity contribution >= 4 is 29.3 Å². The molecule has 0 bridgehead atoms. The molecule has 14 heavy (non-hydrogen) atoms. The van der Waals surface area contributed by atoms with Gasteiger partial charge in [-0.25, -0.2) is 4.79 Å². The molecule has 1 aliphatic heterocycles. The Hall–Kier alpha value is -0.670. The van der Waals surface area contributed by atoms with Crippen molar-refractivity contribution < 1.29 is 9.90 Å². The number of aromatic carboxylic acids is 1. The number of carboxylic acid groups (broad SMARTS) is 1. The number of hydrogen-bond acceptors (Lipinski definition) is 2. The number of aryl methyl sites for hydroxylation is 1. The molecular formula is C10H9ClO2S. The molecule has 1 aliphatic rings. The fourth-order valence-corrected chi connectivity index (χ4v) is 3.08. The van der Waals surface area contributed by atoms with Crippen LogP contribution in [0.3, 0.4) is 0 Å². The molecule has 1 aromatic carbocycles. The third-order valence-electron chi connectivity index (χ3n) is 2.34. The zero-order valence-corrected chi connectivity index (χ0v) is 9.21. The van der Waals surface area contributed by atoms with Crippen LogP contribution in [-0.4, -0.2) is 16.8 Å². The van der Waals surface area contributed by atoms with Crippen LogP contribution >= 0.6 is 23.4 Å². The van der Waals surface area contributed by atoms with E-state index in [0.29, 0.717) is 10.6 Å². The van der Waals surface area contributed by atoms with Crippen LogP contribution in [0, 0.1) is 6.92 Å². The number of thioether (sulfide) groups is 1. The lowest BCUT2D eigenvalue weighted by atomic mass is 10.0. The van der Waals surface area contributed by atoms with E-state index in [-0.39, 0.29) is 0 Å². The third kappa shape index (κ3) is 1.41. The van der Waals surface area contributed by atoms with Crippen LogP contribution in [0.25, 0.3) is 0 Å². The Bertz CT molecular complexity index is 415. The molecule has 1 aromatic rings. The predicted octanol–water partition coefficient (Wildman–Crippen LogP) is 2.99. The summed E-state index contributed by atoms with van der Waals surface area (Å²) in [5, 5.41) is 9.45. The Kier molecular flexibility index (Phi) is 2.45. The van der Waals surface area contributed by atoms with Gasteiger partial charge in [0.2, 0.25) is 0 Å². The summed E-state index contributed by atoms with van der Waals surface area (Å²) < 4.78 is 0. The number of rotatable bonds is 1. The molecule has 74 valence electrons. The summed E-state index contributed by atoms with van der Waals surface area (Å²) in [6.07, 6.45) is 0.807. The van der Waals surface area contributed by atoms with E-state index in [1.807, 2.05) is 13.0 Å². The fraction of sp³-hybridized carbons (Fsp3) is 0.300. The summed E-state index contributed by atoms with van der Waals surface area (Å²) in [5.74, 6) is 0.0347. The molecule has 0 amide bonds.